The third-order valence-corrected chi connectivity index (χ3v) is 4.35. The second-order valence-corrected chi connectivity index (χ2v) is 6.55. The van der Waals surface area contributed by atoms with Gasteiger partial charge in [0.05, 0.1) is 12.7 Å². The molecule has 132 valence electrons. The first kappa shape index (κ1) is 17.6. The zero-order chi connectivity index (χ0) is 17.5. The van der Waals surface area contributed by atoms with Gasteiger partial charge >= 0.3 is 0 Å². The van der Waals surface area contributed by atoms with Gasteiger partial charge in [-0.25, -0.2) is 0 Å². The summed E-state index contributed by atoms with van der Waals surface area (Å²) in [7, 11) is 0. The van der Waals surface area contributed by atoms with Crippen molar-refractivity contribution >= 4 is 11.6 Å². The minimum Gasteiger partial charge on any atom is -0.372 e. The van der Waals surface area contributed by atoms with Crippen molar-refractivity contribution < 1.29 is 9.53 Å². The molecule has 1 aromatic heterocycles. The molecule has 0 aliphatic carbocycles. The van der Waals surface area contributed by atoms with Crippen LogP contribution < -0.4 is 5.32 Å². The van der Waals surface area contributed by atoms with Gasteiger partial charge in [-0.1, -0.05) is 18.2 Å². The minimum absolute atomic E-state index is 0.0441. The van der Waals surface area contributed by atoms with Crippen LogP contribution in [-0.2, 0) is 22.7 Å². The van der Waals surface area contributed by atoms with Gasteiger partial charge < -0.3 is 10.1 Å². The highest BCUT2D eigenvalue weighted by molar-refractivity contribution is 5.88. The van der Waals surface area contributed by atoms with Crippen LogP contribution in [0.3, 0.4) is 0 Å². The van der Waals surface area contributed by atoms with E-state index in [-0.39, 0.29) is 12.0 Å². The zero-order valence-electron chi connectivity index (χ0n) is 14.6. The minimum atomic E-state index is -0.0441. The molecule has 1 amide bonds. The molecule has 1 saturated heterocycles. The molecule has 0 radical (unpaired) electrons. The fourth-order valence-corrected chi connectivity index (χ4v) is 3.15. The lowest BCUT2D eigenvalue weighted by molar-refractivity contribution is -0.114. The van der Waals surface area contributed by atoms with Gasteiger partial charge in [0.2, 0.25) is 5.91 Å². The molecule has 0 spiro atoms. The summed E-state index contributed by atoms with van der Waals surface area (Å²) in [5.41, 5.74) is 3.21. The first-order valence-electron chi connectivity index (χ1n) is 8.78. The number of benzene rings is 1. The summed E-state index contributed by atoms with van der Waals surface area (Å²) in [5.74, 6) is -0.0441. The second kappa shape index (κ2) is 8.74. The number of carbonyl (C=O) groups excluding carboxylic acids is 1. The van der Waals surface area contributed by atoms with E-state index >= 15 is 0 Å². The van der Waals surface area contributed by atoms with Gasteiger partial charge in [-0.3, -0.25) is 14.7 Å². The molecule has 5 heteroatoms. The SMILES string of the molecule is CC(=O)Nc1ccc(CN2CCC[C@H](OCc3cccnc3)C2)cc1. The molecule has 0 saturated carbocycles. The topological polar surface area (TPSA) is 54.5 Å². The summed E-state index contributed by atoms with van der Waals surface area (Å²) in [6.07, 6.45) is 6.17. The number of piperidine rings is 1. The van der Waals surface area contributed by atoms with E-state index in [4.69, 9.17) is 4.74 Å². The number of likely N-dealkylation sites (tertiary alicyclic amines) is 1. The number of ether oxygens (including phenoxy) is 1. The molecule has 2 aromatic rings. The Balaban J connectivity index is 1.48. The van der Waals surface area contributed by atoms with Crippen LogP contribution in [0.2, 0.25) is 0 Å². The molecule has 1 aliphatic heterocycles. The van der Waals surface area contributed by atoms with Gasteiger partial charge in [0.15, 0.2) is 0 Å². The molecule has 3 rings (SSSR count). The summed E-state index contributed by atoms with van der Waals surface area (Å²) in [5, 5.41) is 2.80. The van der Waals surface area contributed by atoms with Crippen LogP contribution in [0.15, 0.2) is 48.8 Å². The largest absolute Gasteiger partial charge is 0.372 e. The van der Waals surface area contributed by atoms with Crippen molar-refractivity contribution in [1.29, 1.82) is 0 Å². The standard InChI is InChI=1S/C20H25N3O2/c1-16(24)22-19-8-6-17(7-9-19)13-23-11-3-5-20(14-23)25-15-18-4-2-10-21-12-18/h2,4,6-10,12,20H,3,5,11,13-15H2,1H3,(H,22,24)/t20-/m0/s1. The lowest BCUT2D eigenvalue weighted by Gasteiger charge is -2.32. The molecule has 1 atom stereocenters. The van der Waals surface area contributed by atoms with E-state index in [1.54, 1.807) is 6.20 Å². The summed E-state index contributed by atoms with van der Waals surface area (Å²) in [6, 6.07) is 12.0. The molecule has 1 aliphatic rings. The molecular formula is C20H25N3O2. The number of amides is 1. The van der Waals surface area contributed by atoms with Crippen molar-refractivity contribution in [1.82, 2.24) is 9.88 Å². The van der Waals surface area contributed by atoms with Crippen molar-refractivity contribution in [3.8, 4) is 0 Å². The first-order chi connectivity index (χ1) is 12.2. The van der Waals surface area contributed by atoms with Crippen LogP contribution in [0, 0.1) is 0 Å². The highest BCUT2D eigenvalue weighted by Crippen LogP contribution is 2.18. The van der Waals surface area contributed by atoms with Crippen LogP contribution in [0.25, 0.3) is 0 Å². The Hall–Kier alpha value is -2.24. The van der Waals surface area contributed by atoms with Crippen LogP contribution in [0.1, 0.15) is 30.9 Å². The lowest BCUT2D eigenvalue weighted by atomic mass is 10.1. The summed E-state index contributed by atoms with van der Waals surface area (Å²) >= 11 is 0. The molecule has 5 nitrogen and oxygen atoms in total. The summed E-state index contributed by atoms with van der Waals surface area (Å²) in [6.45, 7) is 5.10. The highest BCUT2D eigenvalue weighted by atomic mass is 16.5. The zero-order valence-corrected chi connectivity index (χ0v) is 14.6. The van der Waals surface area contributed by atoms with E-state index in [1.165, 1.54) is 12.5 Å². The van der Waals surface area contributed by atoms with E-state index in [0.717, 1.165) is 43.7 Å². The van der Waals surface area contributed by atoms with E-state index in [9.17, 15) is 4.79 Å². The normalized spacial score (nSPS) is 18.0. The maximum Gasteiger partial charge on any atom is 0.221 e. The molecule has 1 aromatic carbocycles. The number of rotatable bonds is 6. The highest BCUT2D eigenvalue weighted by Gasteiger charge is 2.20. The van der Waals surface area contributed by atoms with Crippen molar-refractivity contribution in [2.24, 2.45) is 0 Å². The fraction of sp³-hybridized carbons (Fsp3) is 0.400. The Labute approximate surface area is 149 Å². The van der Waals surface area contributed by atoms with E-state index in [1.807, 2.05) is 30.5 Å². The predicted molar refractivity (Wildman–Crippen MR) is 98.1 cm³/mol. The van der Waals surface area contributed by atoms with Gasteiger partial charge in [-0.2, -0.15) is 0 Å². The molecule has 2 heterocycles. The molecular weight excluding hydrogens is 314 g/mol. The molecule has 1 fully saturated rings. The Morgan fingerprint density at radius 2 is 2.12 bits per heavy atom. The van der Waals surface area contributed by atoms with Crippen LogP contribution in [0.4, 0.5) is 5.69 Å². The van der Waals surface area contributed by atoms with Crippen molar-refractivity contribution in [2.75, 3.05) is 18.4 Å². The average molecular weight is 339 g/mol. The van der Waals surface area contributed by atoms with E-state index < -0.39 is 0 Å². The smallest absolute Gasteiger partial charge is 0.221 e. The van der Waals surface area contributed by atoms with Crippen molar-refractivity contribution in [3.05, 3.63) is 59.9 Å². The van der Waals surface area contributed by atoms with E-state index in [2.05, 4.69) is 27.3 Å². The van der Waals surface area contributed by atoms with E-state index in [0.29, 0.717) is 6.61 Å². The Morgan fingerprint density at radius 3 is 2.84 bits per heavy atom. The number of carbonyl (C=O) groups is 1. The van der Waals surface area contributed by atoms with Gasteiger partial charge in [-0.15, -0.1) is 0 Å². The van der Waals surface area contributed by atoms with Crippen LogP contribution in [-0.4, -0.2) is 35.0 Å². The summed E-state index contributed by atoms with van der Waals surface area (Å²) < 4.78 is 6.07. The Morgan fingerprint density at radius 1 is 1.28 bits per heavy atom. The molecule has 0 unspecified atom stereocenters. The van der Waals surface area contributed by atoms with Crippen LogP contribution >= 0.6 is 0 Å². The average Bonchev–Trinajstić information content (AvgIpc) is 2.62. The third-order valence-electron chi connectivity index (χ3n) is 4.35. The fourth-order valence-electron chi connectivity index (χ4n) is 3.15. The lowest BCUT2D eigenvalue weighted by Crippen LogP contribution is -2.39. The second-order valence-electron chi connectivity index (χ2n) is 6.55. The predicted octanol–water partition coefficient (Wildman–Crippen LogP) is 3.22. The van der Waals surface area contributed by atoms with Gasteiger partial charge in [0, 0.05) is 38.1 Å². The number of aromatic nitrogens is 1. The van der Waals surface area contributed by atoms with Crippen molar-refractivity contribution in [2.45, 2.75) is 39.0 Å². The van der Waals surface area contributed by atoms with Crippen molar-refractivity contribution in [3.63, 3.8) is 0 Å². The van der Waals surface area contributed by atoms with Gasteiger partial charge in [-0.05, 0) is 48.7 Å². The molecule has 25 heavy (non-hydrogen) atoms. The first-order valence-corrected chi connectivity index (χ1v) is 8.78. The number of nitrogens with one attached hydrogen (secondary N) is 1. The third kappa shape index (κ3) is 5.66. The number of hydrogen-bond donors (Lipinski definition) is 1. The monoisotopic (exact) mass is 339 g/mol. The number of anilines is 1. The maximum atomic E-state index is 11.1. The quantitative estimate of drug-likeness (QED) is 0.878. The Kier molecular flexibility index (Phi) is 6.14. The van der Waals surface area contributed by atoms with Gasteiger partial charge in [0.25, 0.3) is 0 Å². The Bertz CT molecular complexity index is 673. The van der Waals surface area contributed by atoms with Crippen LogP contribution in [0.5, 0.6) is 0 Å². The van der Waals surface area contributed by atoms with Gasteiger partial charge in [0.1, 0.15) is 0 Å². The number of nitrogens with zero attached hydrogens (tertiary/aromatic N) is 2. The maximum absolute atomic E-state index is 11.1. The number of hydrogen-bond acceptors (Lipinski definition) is 4. The molecule has 0 bridgehead atoms. The molecule has 1 N–H and O–H groups in total. The number of pyridine rings is 1. The summed E-state index contributed by atoms with van der Waals surface area (Å²) in [4.78, 5) is 17.6.